The van der Waals surface area contributed by atoms with Gasteiger partial charge in [-0.3, -0.25) is 0 Å². The molecule has 130 valence electrons. The number of pyridine rings is 1. The topological polar surface area (TPSA) is 107 Å². The van der Waals surface area contributed by atoms with Crippen LogP contribution >= 0.6 is 0 Å². The number of aromatic nitrogens is 1. The molecular formula is C16H21FN4O3. The third-order valence-corrected chi connectivity index (χ3v) is 3.80. The predicted octanol–water partition coefficient (Wildman–Crippen LogP) is 2.87. The van der Waals surface area contributed by atoms with Gasteiger partial charge in [0.15, 0.2) is 11.6 Å². The average Bonchev–Trinajstić information content (AvgIpc) is 2.51. The highest BCUT2D eigenvalue weighted by atomic mass is 19.1. The highest BCUT2D eigenvalue weighted by Crippen LogP contribution is 2.26. The van der Waals surface area contributed by atoms with Crippen LogP contribution in [0.5, 0.6) is 5.88 Å². The number of amides is 1. The van der Waals surface area contributed by atoms with Gasteiger partial charge in [0, 0.05) is 18.2 Å². The summed E-state index contributed by atoms with van der Waals surface area (Å²) in [5, 5.41) is 23.3. The maximum Gasteiger partial charge on any atom is 0.404 e. The lowest BCUT2D eigenvalue weighted by Gasteiger charge is -2.29. The van der Waals surface area contributed by atoms with Gasteiger partial charge in [-0.15, -0.1) is 0 Å². The molecule has 1 aliphatic carbocycles. The number of hydrogen-bond acceptors (Lipinski definition) is 5. The molecule has 0 spiro atoms. The van der Waals surface area contributed by atoms with Crippen LogP contribution in [0, 0.1) is 17.1 Å². The van der Waals surface area contributed by atoms with Crippen LogP contribution in [-0.4, -0.2) is 34.4 Å². The molecule has 0 aromatic carbocycles. The summed E-state index contributed by atoms with van der Waals surface area (Å²) in [7, 11) is 0. The zero-order valence-corrected chi connectivity index (χ0v) is 13.7. The van der Waals surface area contributed by atoms with Gasteiger partial charge in [0.25, 0.3) is 0 Å². The van der Waals surface area contributed by atoms with E-state index >= 15 is 0 Å². The van der Waals surface area contributed by atoms with Crippen LogP contribution in [0.15, 0.2) is 6.07 Å². The van der Waals surface area contributed by atoms with Crippen molar-refractivity contribution in [1.82, 2.24) is 10.3 Å². The molecule has 1 aromatic heterocycles. The number of carboxylic acid groups (broad SMARTS) is 1. The summed E-state index contributed by atoms with van der Waals surface area (Å²) in [4.78, 5) is 14.7. The van der Waals surface area contributed by atoms with E-state index in [1.54, 1.807) is 13.8 Å². The second-order valence-corrected chi connectivity index (χ2v) is 6.09. The van der Waals surface area contributed by atoms with E-state index in [0.717, 1.165) is 6.07 Å². The summed E-state index contributed by atoms with van der Waals surface area (Å²) >= 11 is 0. The summed E-state index contributed by atoms with van der Waals surface area (Å²) in [5.41, 5.74) is 0.0566. The molecule has 0 saturated heterocycles. The zero-order valence-electron chi connectivity index (χ0n) is 13.7. The van der Waals surface area contributed by atoms with E-state index in [0.29, 0.717) is 25.7 Å². The Morgan fingerprint density at radius 3 is 2.58 bits per heavy atom. The lowest BCUT2D eigenvalue weighted by molar-refractivity contribution is 0.185. The number of anilines is 1. The highest BCUT2D eigenvalue weighted by Gasteiger charge is 2.24. The summed E-state index contributed by atoms with van der Waals surface area (Å²) in [6, 6.07) is 2.92. The summed E-state index contributed by atoms with van der Waals surface area (Å²) in [6.45, 7) is 3.60. The molecule has 0 aliphatic heterocycles. The van der Waals surface area contributed by atoms with Gasteiger partial charge in [0.05, 0.1) is 6.10 Å². The molecular weight excluding hydrogens is 315 g/mol. The average molecular weight is 336 g/mol. The largest absolute Gasteiger partial charge is 0.474 e. The van der Waals surface area contributed by atoms with Crippen LogP contribution in [0.25, 0.3) is 0 Å². The van der Waals surface area contributed by atoms with Gasteiger partial charge in [0.2, 0.25) is 5.88 Å². The van der Waals surface area contributed by atoms with Crippen LogP contribution in [0.1, 0.15) is 45.1 Å². The molecule has 2 rings (SSSR count). The van der Waals surface area contributed by atoms with Gasteiger partial charge in [-0.05, 0) is 39.5 Å². The second-order valence-electron chi connectivity index (χ2n) is 6.09. The normalized spacial score (nSPS) is 20.3. The SMILES string of the molecule is CC(C)Oc1nc(N[C@H]2CC[C@H](NC(=O)O)CC2)c(F)cc1C#N. The van der Waals surface area contributed by atoms with Crippen molar-refractivity contribution in [2.45, 2.75) is 57.7 Å². The Bertz CT molecular complexity index is 637. The number of carbonyl (C=O) groups is 1. The minimum atomic E-state index is -1.03. The molecule has 1 saturated carbocycles. The number of ether oxygens (including phenoxy) is 1. The Hall–Kier alpha value is -2.56. The Balaban J connectivity index is 2.05. The maximum absolute atomic E-state index is 14.1. The quantitative estimate of drug-likeness (QED) is 0.763. The maximum atomic E-state index is 14.1. The number of nitrogens with zero attached hydrogens (tertiary/aromatic N) is 2. The standard InChI is InChI=1S/C16H21FN4O3/c1-9(2)24-15-10(8-18)7-13(17)14(21-15)19-11-3-5-12(6-4-11)20-16(22)23/h7,9,11-12,20H,3-6H2,1-2H3,(H,19,21)(H,22,23)/t11-,12-. The van der Waals surface area contributed by atoms with Crippen molar-refractivity contribution in [1.29, 1.82) is 5.26 Å². The van der Waals surface area contributed by atoms with Crippen molar-refractivity contribution in [3.8, 4) is 11.9 Å². The first-order chi connectivity index (χ1) is 11.4. The molecule has 0 atom stereocenters. The van der Waals surface area contributed by atoms with Gasteiger partial charge < -0.3 is 20.5 Å². The van der Waals surface area contributed by atoms with Crippen molar-refractivity contribution in [2.75, 3.05) is 5.32 Å². The third kappa shape index (κ3) is 4.72. The first-order valence-electron chi connectivity index (χ1n) is 7.92. The van der Waals surface area contributed by atoms with Crippen LogP contribution in [0.3, 0.4) is 0 Å². The lowest BCUT2D eigenvalue weighted by Crippen LogP contribution is -2.39. The smallest absolute Gasteiger partial charge is 0.404 e. The minimum absolute atomic E-state index is 0.00122. The van der Waals surface area contributed by atoms with Crippen LogP contribution in [-0.2, 0) is 0 Å². The molecule has 0 unspecified atom stereocenters. The fourth-order valence-electron chi connectivity index (χ4n) is 2.72. The molecule has 1 fully saturated rings. The molecule has 7 nitrogen and oxygen atoms in total. The molecule has 0 radical (unpaired) electrons. The van der Waals surface area contributed by atoms with Crippen LogP contribution in [0.2, 0.25) is 0 Å². The zero-order chi connectivity index (χ0) is 17.7. The van der Waals surface area contributed by atoms with Crippen LogP contribution in [0.4, 0.5) is 15.0 Å². The van der Waals surface area contributed by atoms with E-state index in [4.69, 9.17) is 15.1 Å². The molecule has 1 aliphatic rings. The van der Waals surface area contributed by atoms with Crippen molar-refractivity contribution < 1.29 is 19.0 Å². The molecule has 8 heteroatoms. The minimum Gasteiger partial charge on any atom is -0.474 e. The fraction of sp³-hybridized carbons (Fsp3) is 0.562. The van der Waals surface area contributed by atoms with E-state index in [1.807, 2.05) is 6.07 Å². The Kier molecular flexibility index (Phi) is 5.79. The van der Waals surface area contributed by atoms with E-state index in [2.05, 4.69) is 15.6 Å². The van der Waals surface area contributed by atoms with Gasteiger partial charge >= 0.3 is 6.09 Å². The van der Waals surface area contributed by atoms with Crippen molar-refractivity contribution in [3.63, 3.8) is 0 Å². The molecule has 3 N–H and O–H groups in total. The monoisotopic (exact) mass is 336 g/mol. The fourth-order valence-corrected chi connectivity index (χ4v) is 2.72. The van der Waals surface area contributed by atoms with Crippen molar-refractivity contribution >= 4 is 11.9 Å². The highest BCUT2D eigenvalue weighted by molar-refractivity contribution is 5.64. The third-order valence-electron chi connectivity index (χ3n) is 3.80. The summed E-state index contributed by atoms with van der Waals surface area (Å²) in [5.74, 6) is -0.439. The Morgan fingerprint density at radius 1 is 1.42 bits per heavy atom. The number of halogens is 1. The number of rotatable bonds is 5. The predicted molar refractivity (Wildman–Crippen MR) is 85.5 cm³/mol. The summed E-state index contributed by atoms with van der Waals surface area (Å²) < 4.78 is 19.6. The van der Waals surface area contributed by atoms with Gasteiger partial charge in [-0.25, -0.2) is 9.18 Å². The summed E-state index contributed by atoms with van der Waals surface area (Å²) in [6.07, 6.45) is 1.55. The molecule has 1 aromatic rings. The second kappa shape index (κ2) is 7.81. The van der Waals surface area contributed by atoms with Crippen molar-refractivity contribution in [3.05, 3.63) is 17.4 Å². The van der Waals surface area contributed by atoms with Crippen molar-refractivity contribution in [2.24, 2.45) is 0 Å². The Labute approximate surface area is 139 Å². The van der Waals surface area contributed by atoms with E-state index in [1.165, 1.54) is 0 Å². The first-order valence-corrected chi connectivity index (χ1v) is 7.92. The molecule has 0 bridgehead atoms. The van der Waals surface area contributed by atoms with Gasteiger partial charge in [0.1, 0.15) is 11.6 Å². The first kappa shape index (κ1) is 17.8. The molecule has 24 heavy (non-hydrogen) atoms. The number of nitriles is 1. The number of hydrogen-bond donors (Lipinski definition) is 3. The van der Waals surface area contributed by atoms with E-state index in [-0.39, 0.29) is 35.4 Å². The van der Waals surface area contributed by atoms with Gasteiger partial charge in [-0.1, -0.05) is 0 Å². The molecule has 1 amide bonds. The van der Waals surface area contributed by atoms with Gasteiger partial charge in [-0.2, -0.15) is 10.2 Å². The van der Waals surface area contributed by atoms with E-state index in [9.17, 15) is 9.18 Å². The van der Waals surface area contributed by atoms with Crippen LogP contribution < -0.4 is 15.4 Å². The molecule has 1 heterocycles. The van der Waals surface area contributed by atoms with E-state index < -0.39 is 11.9 Å². The Morgan fingerprint density at radius 2 is 2.04 bits per heavy atom. The number of nitrogens with one attached hydrogen (secondary N) is 2. The lowest BCUT2D eigenvalue weighted by atomic mass is 9.91.